The second kappa shape index (κ2) is 8.83. The second-order valence-electron chi connectivity index (χ2n) is 7.46. The number of benzene rings is 2. The van der Waals surface area contributed by atoms with Crippen molar-refractivity contribution >= 4 is 25.8 Å². The van der Waals surface area contributed by atoms with Gasteiger partial charge in [0, 0.05) is 25.8 Å². The highest BCUT2D eigenvalue weighted by atomic mass is 32.2. The number of nitrogens with one attached hydrogen (secondary N) is 1. The zero-order chi connectivity index (χ0) is 23.7. The first-order valence-electron chi connectivity index (χ1n) is 9.55. The summed E-state index contributed by atoms with van der Waals surface area (Å²) in [5.74, 6) is -0.238. The lowest BCUT2D eigenvalue weighted by molar-refractivity contribution is -0.137. The maximum atomic E-state index is 13.2. The maximum absolute atomic E-state index is 13.2. The number of hydrogen-bond acceptors (Lipinski definition) is 5. The van der Waals surface area contributed by atoms with E-state index in [1.165, 1.54) is 23.1 Å². The number of carbonyl (C=O) groups is 1. The minimum absolute atomic E-state index is 0.0000586. The van der Waals surface area contributed by atoms with Gasteiger partial charge >= 0.3 is 6.18 Å². The van der Waals surface area contributed by atoms with Crippen LogP contribution in [-0.4, -0.2) is 47.0 Å². The summed E-state index contributed by atoms with van der Waals surface area (Å²) >= 11 is 0. The first kappa shape index (κ1) is 24.2. The molecule has 2 aromatic carbocycles. The summed E-state index contributed by atoms with van der Waals surface area (Å²) in [6.45, 7) is 0.149. The van der Waals surface area contributed by atoms with Gasteiger partial charge in [0.2, 0.25) is 15.9 Å². The number of halogens is 3. The summed E-state index contributed by atoms with van der Waals surface area (Å²) in [5, 5.41) is 0. The lowest BCUT2D eigenvalue weighted by atomic mass is 10.0. The van der Waals surface area contributed by atoms with Crippen molar-refractivity contribution in [2.24, 2.45) is 0 Å². The van der Waals surface area contributed by atoms with Crippen molar-refractivity contribution in [3.8, 4) is 0 Å². The van der Waals surface area contributed by atoms with Crippen LogP contribution in [0.5, 0.6) is 0 Å². The summed E-state index contributed by atoms with van der Waals surface area (Å²) in [7, 11) is -8.38. The number of alkyl halides is 3. The number of amides is 1. The summed E-state index contributed by atoms with van der Waals surface area (Å²) in [6, 6.07) is 7.86. The molecule has 32 heavy (non-hydrogen) atoms. The van der Waals surface area contributed by atoms with E-state index in [4.69, 9.17) is 0 Å². The van der Waals surface area contributed by atoms with E-state index < -0.39 is 47.4 Å². The topological polar surface area (TPSA) is 101 Å². The molecule has 174 valence electrons. The standard InChI is InChI=1S/C20H21F3N2O5S2/c1-31(27,28)17-8-2-3-9-18(17)32(29,30)24-16(13-25-11-5-10-19(25)26)14-6-4-7-15(12-14)20(21,22)23/h2-4,6-9,12,16,24H,5,10-11,13H2,1H3. The van der Waals surface area contributed by atoms with Crippen LogP contribution in [0, 0.1) is 0 Å². The molecule has 0 aromatic heterocycles. The molecule has 1 aliphatic heterocycles. The molecule has 1 aliphatic rings. The molecule has 1 N–H and O–H groups in total. The molecule has 0 bridgehead atoms. The molecule has 1 fully saturated rings. The minimum atomic E-state index is -4.65. The number of carbonyl (C=O) groups excluding carboxylic acids is 1. The highest BCUT2D eigenvalue weighted by molar-refractivity contribution is 7.93. The van der Waals surface area contributed by atoms with E-state index >= 15 is 0 Å². The normalized spacial score (nSPS) is 16.4. The SMILES string of the molecule is CS(=O)(=O)c1ccccc1S(=O)(=O)NC(CN1CCCC1=O)c1cccc(C(F)(F)F)c1. The predicted molar refractivity (Wildman–Crippen MR) is 110 cm³/mol. The molecule has 1 amide bonds. The van der Waals surface area contributed by atoms with Gasteiger partial charge in [0.1, 0.15) is 4.90 Å². The molecule has 1 unspecified atom stereocenters. The third-order valence-corrected chi connectivity index (χ3v) is 7.84. The van der Waals surface area contributed by atoms with Gasteiger partial charge in [-0.1, -0.05) is 24.3 Å². The minimum Gasteiger partial charge on any atom is -0.341 e. The van der Waals surface area contributed by atoms with E-state index in [0.717, 1.165) is 36.6 Å². The second-order valence-corrected chi connectivity index (χ2v) is 11.1. The van der Waals surface area contributed by atoms with E-state index in [-0.39, 0.29) is 24.4 Å². The van der Waals surface area contributed by atoms with Crippen LogP contribution in [0.3, 0.4) is 0 Å². The summed E-state index contributed by atoms with van der Waals surface area (Å²) in [6.07, 6.45) is -2.98. The van der Waals surface area contributed by atoms with Gasteiger partial charge in [-0.15, -0.1) is 0 Å². The van der Waals surface area contributed by atoms with Crippen LogP contribution in [0.4, 0.5) is 13.2 Å². The molecule has 0 spiro atoms. The van der Waals surface area contributed by atoms with Gasteiger partial charge in [0.05, 0.1) is 16.5 Å². The van der Waals surface area contributed by atoms with Gasteiger partial charge in [-0.05, 0) is 36.2 Å². The van der Waals surface area contributed by atoms with Crippen LogP contribution in [0.1, 0.15) is 30.0 Å². The van der Waals surface area contributed by atoms with Crippen LogP contribution in [0.2, 0.25) is 0 Å². The molecule has 0 radical (unpaired) electrons. The molecule has 3 rings (SSSR count). The molecular weight excluding hydrogens is 469 g/mol. The Kier molecular flexibility index (Phi) is 6.68. The Morgan fingerprint density at radius 2 is 1.69 bits per heavy atom. The van der Waals surface area contributed by atoms with Crippen molar-refractivity contribution in [2.45, 2.75) is 34.9 Å². The zero-order valence-electron chi connectivity index (χ0n) is 17.0. The third-order valence-electron chi connectivity index (χ3n) is 5.03. The fraction of sp³-hybridized carbons (Fsp3) is 0.350. The molecule has 2 aromatic rings. The average molecular weight is 491 g/mol. The van der Waals surface area contributed by atoms with Crippen molar-refractivity contribution < 1.29 is 34.8 Å². The van der Waals surface area contributed by atoms with E-state index in [1.54, 1.807) is 0 Å². The Morgan fingerprint density at radius 1 is 1.03 bits per heavy atom. The van der Waals surface area contributed by atoms with Gasteiger partial charge in [-0.3, -0.25) is 4.79 Å². The molecule has 12 heteroatoms. The van der Waals surface area contributed by atoms with E-state index in [2.05, 4.69) is 4.72 Å². The Balaban J connectivity index is 2.04. The molecule has 0 saturated carbocycles. The van der Waals surface area contributed by atoms with Crippen LogP contribution in [0.15, 0.2) is 58.3 Å². The first-order valence-corrected chi connectivity index (χ1v) is 12.9. The van der Waals surface area contributed by atoms with E-state index in [0.29, 0.717) is 13.0 Å². The van der Waals surface area contributed by atoms with E-state index in [1.807, 2.05) is 0 Å². The van der Waals surface area contributed by atoms with Gasteiger partial charge in [-0.2, -0.15) is 13.2 Å². The number of nitrogens with zero attached hydrogens (tertiary/aromatic N) is 1. The molecule has 1 atom stereocenters. The average Bonchev–Trinajstić information content (AvgIpc) is 3.11. The predicted octanol–water partition coefficient (Wildman–Crippen LogP) is 2.75. The highest BCUT2D eigenvalue weighted by Crippen LogP contribution is 2.32. The Hall–Kier alpha value is -2.44. The maximum Gasteiger partial charge on any atom is 0.416 e. The zero-order valence-corrected chi connectivity index (χ0v) is 18.6. The van der Waals surface area contributed by atoms with Gasteiger partial charge in [0.25, 0.3) is 0 Å². The summed E-state index contributed by atoms with van der Waals surface area (Å²) < 4.78 is 92.3. The summed E-state index contributed by atoms with van der Waals surface area (Å²) in [4.78, 5) is 12.5. The number of sulfone groups is 1. The lowest BCUT2D eigenvalue weighted by Crippen LogP contribution is -2.39. The van der Waals surface area contributed by atoms with Crippen molar-refractivity contribution in [1.29, 1.82) is 0 Å². The lowest BCUT2D eigenvalue weighted by Gasteiger charge is -2.26. The number of rotatable bonds is 7. The van der Waals surface area contributed by atoms with Crippen molar-refractivity contribution in [1.82, 2.24) is 9.62 Å². The number of likely N-dealkylation sites (tertiary alicyclic amines) is 1. The van der Waals surface area contributed by atoms with Crippen LogP contribution in [0.25, 0.3) is 0 Å². The Morgan fingerprint density at radius 3 is 2.25 bits per heavy atom. The Labute approximate surface area is 184 Å². The van der Waals surface area contributed by atoms with Crippen LogP contribution < -0.4 is 4.72 Å². The number of sulfonamides is 1. The van der Waals surface area contributed by atoms with Crippen molar-refractivity contribution in [3.63, 3.8) is 0 Å². The smallest absolute Gasteiger partial charge is 0.341 e. The fourth-order valence-corrected chi connectivity index (χ4v) is 6.33. The first-order chi connectivity index (χ1) is 14.8. The molecule has 1 saturated heterocycles. The Bertz CT molecular complexity index is 1230. The molecular formula is C20H21F3N2O5S2. The number of hydrogen-bond donors (Lipinski definition) is 1. The van der Waals surface area contributed by atoms with Gasteiger partial charge in [-0.25, -0.2) is 21.6 Å². The van der Waals surface area contributed by atoms with Crippen molar-refractivity contribution in [2.75, 3.05) is 19.3 Å². The van der Waals surface area contributed by atoms with Crippen molar-refractivity contribution in [3.05, 3.63) is 59.7 Å². The molecule has 1 heterocycles. The van der Waals surface area contributed by atoms with Crippen LogP contribution >= 0.6 is 0 Å². The monoisotopic (exact) mass is 490 g/mol. The van der Waals surface area contributed by atoms with Gasteiger partial charge < -0.3 is 4.90 Å². The molecule has 7 nitrogen and oxygen atoms in total. The quantitative estimate of drug-likeness (QED) is 0.643. The summed E-state index contributed by atoms with van der Waals surface area (Å²) in [5.41, 5.74) is -0.969. The van der Waals surface area contributed by atoms with E-state index in [9.17, 15) is 34.8 Å². The fourth-order valence-electron chi connectivity index (χ4n) is 3.49. The van der Waals surface area contributed by atoms with Crippen LogP contribution in [-0.2, 0) is 30.8 Å². The van der Waals surface area contributed by atoms with Gasteiger partial charge in [0.15, 0.2) is 9.84 Å². The highest BCUT2D eigenvalue weighted by Gasteiger charge is 2.33. The third kappa shape index (κ3) is 5.48. The molecule has 0 aliphatic carbocycles. The largest absolute Gasteiger partial charge is 0.416 e.